The number of ether oxygens (including phenoxy) is 3. The SMILES string of the molecule is CCOc1cc(C(=O)O[C@@H](C)C(=O)Nc2ccc(C#N)cc2)ccc1OC. The van der Waals surface area contributed by atoms with Gasteiger partial charge < -0.3 is 19.5 Å². The van der Waals surface area contributed by atoms with Crippen molar-refractivity contribution in [3.63, 3.8) is 0 Å². The number of carbonyl (C=O) groups excluding carboxylic acids is 2. The molecular formula is C20H20N2O5. The molecule has 1 atom stereocenters. The van der Waals surface area contributed by atoms with Gasteiger partial charge in [0, 0.05) is 5.69 Å². The number of nitrogens with zero attached hydrogens (tertiary/aromatic N) is 1. The van der Waals surface area contributed by atoms with Crippen molar-refractivity contribution in [2.45, 2.75) is 20.0 Å². The Morgan fingerprint density at radius 2 is 1.85 bits per heavy atom. The van der Waals surface area contributed by atoms with Crippen LogP contribution in [0.4, 0.5) is 5.69 Å². The average Bonchev–Trinajstić information content (AvgIpc) is 2.68. The molecule has 0 aromatic heterocycles. The van der Waals surface area contributed by atoms with Gasteiger partial charge in [0.05, 0.1) is 30.9 Å². The van der Waals surface area contributed by atoms with E-state index in [1.54, 1.807) is 30.3 Å². The largest absolute Gasteiger partial charge is 0.493 e. The fourth-order valence-electron chi connectivity index (χ4n) is 2.23. The number of anilines is 1. The van der Waals surface area contributed by atoms with Crippen molar-refractivity contribution in [3.05, 3.63) is 53.6 Å². The standard InChI is InChI=1S/C20H20N2O5/c1-4-26-18-11-15(7-10-17(18)25-3)20(24)27-13(2)19(23)22-16-8-5-14(12-21)6-9-16/h5-11,13H,4H2,1-3H3,(H,22,23)/t13-/m0/s1. The van der Waals surface area contributed by atoms with Crippen molar-refractivity contribution < 1.29 is 23.8 Å². The average molecular weight is 368 g/mol. The third kappa shape index (κ3) is 5.22. The number of amides is 1. The Labute approximate surface area is 157 Å². The predicted octanol–water partition coefficient (Wildman–Crippen LogP) is 3.15. The van der Waals surface area contributed by atoms with E-state index in [2.05, 4.69) is 5.32 Å². The Bertz CT molecular complexity index is 856. The lowest BCUT2D eigenvalue weighted by Crippen LogP contribution is -2.30. The summed E-state index contributed by atoms with van der Waals surface area (Å²) in [5.41, 5.74) is 1.24. The number of esters is 1. The smallest absolute Gasteiger partial charge is 0.339 e. The summed E-state index contributed by atoms with van der Waals surface area (Å²) < 4.78 is 15.8. The highest BCUT2D eigenvalue weighted by Gasteiger charge is 2.20. The molecule has 0 aliphatic rings. The number of carbonyl (C=O) groups is 2. The first-order valence-electron chi connectivity index (χ1n) is 8.31. The van der Waals surface area contributed by atoms with Gasteiger partial charge in [0.1, 0.15) is 0 Å². The number of nitriles is 1. The van der Waals surface area contributed by atoms with Gasteiger partial charge in [-0.1, -0.05) is 0 Å². The lowest BCUT2D eigenvalue weighted by Gasteiger charge is -2.15. The van der Waals surface area contributed by atoms with Crippen LogP contribution >= 0.6 is 0 Å². The van der Waals surface area contributed by atoms with Crippen LogP contribution in [-0.4, -0.2) is 31.7 Å². The van der Waals surface area contributed by atoms with Gasteiger partial charge in [-0.3, -0.25) is 4.79 Å². The van der Waals surface area contributed by atoms with E-state index in [0.29, 0.717) is 29.4 Å². The van der Waals surface area contributed by atoms with Crippen molar-refractivity contribution >= 4 is 17.6 Å². The monoisotopic (exact) mass is 368 g/mol. The Morgan fingerprint density at radius 1 is 1.15 bits per heavy atom. The molecule has 2 rings (SSSR count). The van der Waals surface area contributed by atoms with Crippen LogP contribution in [0, 0.1) is 11.3 Å². The van der Waals surface area contributed by atoms with Crippen molar-refractivity contribution in [2.75, 3.05) is 19.0 Å². The number of hydrogen-bond acceptors (Lipinski definition) is 6. The summed E-state index contributed by atoms with van der Waals surface area (Å²) in [5.74, 6) is -0.211. The summed E-state index contributed by atoms with van der Waals surface area (Å²) in [6, 6.07) is 13.0. The van der Waals surface area contributed by atoms with Crippen LogP contribution in [0.15, 0.2) is 42.5 Å². The summed E-state index contributed by atoms with van der Waals surface area (Å²) in [6.07, 6.45) is -1.01. The fraction of sp³-hybridized carbons (Fsp3) is 0.250. The van der Waals surface area contributed by atoms with Gasteiger partial charge >= 0.3 is 5.97 Å². The summed E-state index contributed by atoms with van der Waals surface area (Å²) in [5, 5.41) is 11.4. The van der Waals surface area contributed by atoms with Gasteiger partial charge in [-0.25, -0.2) is 4.79 Å². The molecule has 1 N–H and O–H groups in total. The van der Waals surface area contributed by atoms with E-state index in [9.17, 15) is 9.59 Å². The summed E-state index contributed by atoms with van der Waals surface area (Å²) >= 11 is 0. The Kier molecular flexibility index (Phi) is 6.78. The van der Waals surface area contributed by atoms with E-state index in [-0.39, 0.29) is 5.56 Å². The highest BCUT2D eigenvalue weighted by Crippen LogP contribution is 2.28. The molecule has 0 bridgehead atoms. The molecule has 7 nitrogen and oxygen atoms in total. The molecule has 140 valence electrons. The maximum absolute atomic E-state index is 12.3. The van der Waals surface area contributed by atoms with E-state index in [1.165, 1.54) is 26.2 Å². The van der Waals surface area contributed by atoms with Gasteiger partial charge in [0.25, 0.3) is 5.91 Å². The maximum atomic E-state index is 12.3. The number of hydrogen-bond donors (Lipinski definition) is 1. The van der Waals surface area contributed by atoms with Gasteiger partial charge in [0.15, 0.2) is 17.6 Å². The molecule has 0 unspecified atom stereocenters. The molecule has 27 heavy (non-hydrogen) atoms. The molecule has 0 aliphatic carbocycles. The highest BCUT2D eigenvalue weighted by atomic mass is 16.5. The van der Waals surface area contributed by atoms with Gasteiger partial charge in [-0.05, 0) is 56.3 Å². The molecule has 0 saturated heterocycles. The van der Waals surface area contributed by atoms with E-state index >= 15 is 0 Å². The molecule has 0 spiro atoms. The third-order valence-corrected chi connectivity index (χ3v) is 3.63. The second kappa shape index (κ2) is 9.25. The van der Waals surface area contributed by atoms with Crippen molar-refractivity contribution in [1.82, 2.24) is 0 Å². The maximum Gasteiger partial charge on any atom is 0.339 e. The minimum atomic E-state index is -1.01. The lowest BCUT2D eigenvalue weighted by atomic mass is 10.2. The minimum absolute atomic E-state index is 0.247. The van der Waals surface area contributed by atoms with Gasteiger partial charge in [-0.2, -0.15) is 5.26 Å². The van der Waals surface area contributed by atoms with Crippen LogP contribution in [0.3, 0.4) is 0 Å². The third-order valence-electron chi connectivity index (χ3n) is 3.63. The second-order valence-electron chi connectivity index (χ2n) is 5.52. The second-order valence-corrected chi connectivity index (χ2v) is 5.52. The first kappa shape index (κ1) is 19.8. The van der Waals surface area contributed by atoms with Crippen molar-refractivity contribution in [2.24, 2.45) is 0 Å². The van der Waals surface area contributed by atoms with E-state index in [4.69, 9.17) is 19.5 Å². The zero-order valence-corrected chi connectivity index (χ0v) is 15.3. The summed E-state index contributed by atoms with van der Waals surface area (Å²) in [6.45, 7) is 3.71. The normalized spacial score (nSPS) is 11.0. The van der Waals surface area contributed by atoms with Crippen LogP contribution < -0.4 is 14.8 Å². The Hall–Kier alpha value is -3.53. The summed E-state index contributed by atoms with van der Waals surface area (Å²) in [7, 11) is 1.51. The zero-order chi connectivity index (χ0) is 19.8. The number of benzene rings is 2. The fourth-order valence-corrected chi connectivity index (χ4v) is 2.23. The zero-order valence-electron chi connectivity index (χ0n) is 15.3. The van der Waals surface area contributed by atoms with Crippen LogP contribution in [0.25, 0.3) is 0 Å². The predicted molar refractivity (Wildman–Crippen MR) is 98.8 cm³/mol. The van der Waals surface area contributed by atoms with E-state index in [1.807, 2.05) is 13.0 Å². The molecule has 0 radical (unpaired) electrons. The van der Waals surface area contributed by atoms with E-state index < -0.39 is 18.0 Å². The first-order valence-corrected chi connectivity index (χ1v) is 8.31. The summed E-state index contributed by atoms with van der Waals surface area (Å²) in [4.78, 5) is 24.5. The molecule has 0 fully saturated rings. The van der Waals surface area contributed by atoms with Crippen LogP contribution in [0.5, 0.6) is 11.5 Å². The quantitative estimate of drug-likeness (QED) is 0.754. The van der Waals surface area contributed by atoms with Gasteiger partial charge in [0.2, 0.25) is 0 Å². The first-order chi connectivity index (χ1) is 13.0. The van der Waals surface area contributed by atoms with Crippen LogP contribution in [0.2, 0.25) is 0 Å². The molecule has 0 heterocycles. The Balaban J connectivity index is 2.02. The minimum Gasteiger partial charge on any atom is -0.493 e. The Morgan fingerprint density at radius 3 is 2.44 bits per heavy atom. The number of nitrogens with one attached hydrogen (secondary N) is 1. The molecule has 0 aliphatic heterocycles. The molecule has 2 aromatic rings. The lowest BCUT2D eigenvalue weighted by molar-refractivity contribution is -0.123. The van der Waals surface area contributed by atoms with Crippen LogP contribution in [-0.2, 0) is 9.53 Å². The molecule has 0 saturated carbocycles. The van der Waals surface area contributed by atoms with Gasteiger partial charge in [-0.15, -0.1) is 0 Å². The number of methoxy groups -OCH3 is 1. The number of rotatable bonds is 7. The molecule has 1 amide bonds. The van der Waals surface area contributed by atoms with Crippen molar-refractivity contribution in [3.8, 4) is 17.6 Å². The topological polar surface area (TPSA) is 97.6 Å². The highest BCUT2D eigenvalue weighted by molar-refractivity contribution is 5.97. The molecule has 7 heteroatoms. The molecular weight excluding hydrogens is 348 g/mol. The van der Waals surface area contributed by atoms with E-state index in [0.717, 1.165) is 0 Å². The van der Waals surface area contributed by atoms with Crippen LogP contribution in [0.1, 0.15) is 29.8 Å². The molecule has 2 aromatic carbocycles. The van der Waals surface area contributed by atoms with Crippen molar-refractivity contribution in [1.29, 1.82) is 5.26 Å².